The lowest BCUT2D eigenvalue weighted by Crippen LogP contribution is -2.14. The Balaban J connectivity index is 1.57. The second-order valence-electron chi connectivity index (χ2n) is 9.01. The van der Waals surface area contributed by atoms with Crippen LogP contribution < -0.4 is 9.47 Å². The highest BCUT2D eigenvalue weighted by molar-refractivity contribution is 7.18. The average Bonchev–Trinajstić information content (AvgIpc) is 3.46. The van der Waals surface area contributed by atoms with E-state index in [9.17, 15) is 9.59 Å². The molecule has 0 N–H and O–H groups in total. The van der Waals surface area contributed by atoms with E-state index < -0.39 is 0 Å². The molecule has 2 heterocycles. The number of nitrogens with zero attached hydrogens (tertiary/aromatic N) is 2. The van der Waals surface area contributed by atoms with E-state index in [1.165, 1.54) is 17.4 Å². The fraction of sp³-hybridized carbons (Fsp3) is 0.321. The molecule has 0 bridgehead atoms. The van der Waals surface area contributed by atoms with Gasteiger partial charge in [-0.05, 0) is 36.6 Å². The van der Waals surface area contributed by atoms with Gasteiger partial charge in [0.1, 0.15) is 0 Å². The van der Waals surface area contributed by atoms with Gasteiger partial charge in [0.2, 0.25) is 0 Å². The molecule has 0 atom stereocenters. The Bertz CT molecular complexity index is 1380. The van der Waals surface area contributed by atoms with Crippen LogP contribution in [0.2, 0.25) is 0 Å². The molecular weight excluding hydrogens is 460 g/mol. The summed E-state index contributed by atoms with van der Waals surface area (Å²) in [5, 5.41) is 3.25. The number of carbonyl (C=O) groups is 2. The predicted octanol–water partition coefficient (Wildman–Crippen LogP) is 6.59. The molecule has 0 amide bonds. The van der Waals surface area contributed by atoms with Gasteiger partial charge >= 0.3 is 0 Å². The van der Waals surface area contributed by atoms with Gasteiger partial charge in [-0.2, -0.15) is 0 Å². The van der Waals surface area contributed by atoms with Gasteiger partial charge < -0.3 is 14.0 Å². The number of aromatic nitrogens is 2. The summed E-state index contributed by atoms with van der Waals surface area (Å²) in [4.78, 5) is 30.8. The second-order valence-corrected chi connectivity index (χ2v) is 9.89. The predicted molar refractivity (Wildman–Crippen MR) is 140 cm³/mol. The largest absolute Gasteiger partial charge is 0.493 e. The first kappa shape index (κ1) is 24.7. The molecule has 6 nitrogen and oxygen atoms in total. The fourth-order valence-electron chi connectivity index (χ4n) is 4.19. The van der Waals surface area contributed by atoms with Crippen molar-refractivity contribution in [1.82, 2.24) is 9.55 Å². The molecule has 0 aliphatic heterocycles. The quantitative estimate of drug-likeness (QED) is 0.235. The highest BCUT2D eigenvalue weighted by atomic mass is 32.1. The number of fused-ring (bicyclic) bond motifs is 1. The number of methoxy groups -OCH3 is 2. The SMILES string of the molecule is COc1ccc(C(=O)CCC(=O)c2nc(-c3csc4c(C)cccc34)cn2CC(C)C)cc1OC. The molecule has 0 saturated carbocycles. The Hall–Kier alpha value is -3.45. The summed E-state index contributed by atoms with van der Waals surface area (Å²) in [6.07, 6.45) is 2.15. The third-order valence-corrected chi connectivity index (χ3v) is 7.08. The van der Waals surface area contributed by atoms with Crippen LogP contribution in [0.3, 0.4) is 0 Å². The fourth-order valence-corrected chi connectivity index (χ4v) is 5.24. The minimum atomic E-state index is -0.138. The first-order valence-electron chi connectivity index (χ1n) is 11.6. The summed E-state index contributed by atoms with van der Waals surface area (Å²) in [5.74, 6) is 1.53. The molecule has 0 radical (unpaired) electrons. The van der Waals surface area contributed by atoms with Crippen molar-refractivity contribution in [2.24, 2.45) is 5.92 Å². The van der Waals surface area contributed by atoms with E-state index in [1.807, 2.05) is 16.8 Å². The average molecular weight is 491 g/mol. The molecule has 0 aliphatic rings. The molecule has 7 heteroatoms. The topological polar surface area (TPSA) is 70.4 Å². The third-order valence-electron chi connectivity index (χ3n) is 5.95. The van der Waals surface area contributed by atoms with E-state index in [4.69, 9.17) is 14.5 Å². The van der Waals surface area contributed by atoms with Gasteiger partial charge in [0, 0.05) is 52.2 Å². The zero-order valence-electron chi connectivity index (χ0n) is 20.8. The van der Waals surface area contributed by atoms with E-state index in [2.05, 4.69) is 38.3 Å². The maximum absolute atomic E-state index is 13.2. The number of benzene rings is 2. The summed E-state index contributed by atoms with van der Waals surface area (Å²) in [5.41, 5.74) is 3.54. The molecule has 0 aliphatic carbocycles. The van der Waals surface area contributed by atoms with Gasteiger partial charge in [-0.25, -0.2) is 4.98 Å². The lowest BCUT2D eigenvalue weighted by Gasteiger charge is -2.10. The molecule has 0 spiro atoms. The number of hydrogen-bond acceptors (Lipinski definition) is 6. The van der Waals surface area contributed by atoms with Crippen LogP contribution in [0, 0.1) is 12.8 Å². The standard InChI is InChI=1S/C28H30N2O4S/c1-17(2)14-30-15-22(21-16-35-27-18(3)7-6-8-20(21)27)29-28(30)24(32)11-10-23(31)19-9-12-25(33-4)26(13-19)34-5/h6-9,12-13,15-17H,10-11,14H2,1-5H3. The Morgan fingerprint density at radius 1 is 1.03 bits per heavy atom. The second kappa shape index (κ2) is 10.4. The van der Waals surface area contributed by atoms with Crippen molar-refractivity contribution in [2.45, 2.75) is 40.2 Å². The van der Waals surface area contributed by atoms with Crippen LogP contribution in [0.1, 0.15) is 53.2 Å². The minimum absolute atomic E-state index is 0.0885. The lowest BCUT2D eigenvalue weighted by atomic mass is 10.0. The van der Waals surface area contributed by atoms with Gasteiger partial charge in [-0.3, -0.25) is 9.59 Å². The normalized spacial score (nSPS) is 11.3. The van der Waals surface area contributed by atoms with E-state index >= 15 is 0 Å². The van der Waals surface area contributed by atoms with Crippen molar-refractivity contribution >= 4 is 33.0 Å². The van der Waals surface area contributed by atoms with Crippen molar-refractivity contribution in [1.29, 1.82) is 0 Å². The van der Waals surface area contributed by atoms with Crippen LogP contribution in [0.4, 0.5) is 0 Å². The minimum Gasteiger partial charge on any atom is -0.493 e. The summed E-state index contributed by atoms with van der Waals surface area (Å²) < 4.78 is 13.7. The zero-order chi connectivity index (χ0) is 25.1. The third kappa shape index (κ3) is 5.15. The Morgan fingerprint density at radius 3 is 2.49 bits per heavy atom. The molecule has 0 saturated heterocycles. The lowest BCUT2D eigenvalue weighted by molar-refractivity contribution is 0.0909. The number of aryl methyl sites for hydroxylation is 1. The molecular formula is C28H30N2O4S. The summed E-state index contributed by atoms with van der Waals surface area (Å²) in [6.45, 7) is 7.00. The molecule has 2 aromatic carbocycles. The van der Waals surface area contributed by atoms with E-state index in [0.29, 0.717) is 35.3 Å². The number of carbonyl (C=O) groups excluding carboxylic acids is 2. The van der Waals surface area contributed by atoms with Crippen molar-refractivity contribution in [3.63, 3.8) is 0 Å². The number of imidazole rings is 1. The number of rotatable bonds is 10. The van der Waals surface area contributed by atoms with Gasteiger partial charge in [0.25, 0.3) is 0 Å². The van der Waals surface area contributed by atoms with Crippen LogP contribution >= 0.6 is 11.3 Å². The monoisotopic (exact) mass is 490 g/mol. The molecule has 182 valence electrons. The Labute approximate surface area is 209 Å². The number of Topliss-reactive ketones (excluding diaryl/α,β-unsaturated/α-hetero) is 2. The number of ketones is 2. The highest BCUT2D eigenvalue weighted by Gasteiger charge is 2.21. The van der Waals surface area contributed by atoms with Gasteiger partial charge in [0.05, 0.1) is 19.9 Å². The first-order valence-corrected chi connectivity index (χ1v) is 12.5. The van der Waals surface area contributed by atoms with E-state index in [1.54, 1.807) is 36.6 Å². The number of ether oxygens (including phenoxy) is 2. The van der Waals surface area contributed by atoms with Crippen LogP contribution in [0.25, 0.3) is 21.3 Å². The Kier molecular flexibility index (Phi) is 7.36. The Morgan fingerprint density at radius 2 is 1.77 bits per heavy atom. The van der Waals surface area contributed by atoms with Crippen LogP contribution in [0.5, 0.6) is 11.5 Å². The van der Waals surface area contributed by atoms with Gasteiger partial charge in [-0.1, -0.05) is 32.0 Å². The smallest absolute Gasteiger partial charge is 0.198 e. The van der Waals surface area contributed by atoms with Crippen molar-refractivity contribution in [3.05, 3.63) is 64.9 Å². The van der Waals surface area contributed by atoms with Crippen LogP contribution in [-0.4, -0.2) is 35.3 Å². The van der Waals surface area contributed by atoms with E-state index in [0.717, 1.165) is 16.6 Å². The molecule has 35 heavy (non-hydrogen) atoms. The molecule has 0 unspecified atom stereocenters. The highest BCUT2D eigenvalue weighted by Crippen LogP contribution is 2.35. The molecule has 2 aromatic heterocycles. The maximum Gasteiger partial charge on any atom is 0.198 e. The van der Waals surface area contributed by atoms with E-state index in [-0.39, 0.29) is 24.4 Å². The van der Waals surface area contributed by atoms with Crippen molar-refractivity contribution in [2.75, 3.05) is 14.2 Å². The van der Waals surface area contributed by atoms with Crippen molar-refractivity contribution < 1.29 is 19.1 Å². The van der Waals surface area contributed by atoms with Gasteiger partial charge in [-0.15, -0.1) is 11.3 Å². The maximum atomic E-state index is 13.2. The summed E-state index contributed by atoms with van der Waals surface area (Å²) in [7, 11) is 3.07. The summed E-state index contributed by atoms with van der Waals surface area (Å²) >= 11 is 1.69. The number of thiophene rings is 1. The van der Waals surface area contributed by atoms with Crippen LogP contribution in [-0.2, 0) is 6.54 Å². The van der Waals surface area contributed by atoms with Gasteiger partial charge in [0.15, 0.2) is 28.9 Å². The molecule has 4 aromatic rings. The zero-order valence-corrected chi connectivity index (χ0v) is 21.6. The molecule has 4 rings (SSSR count). The molecule has 0 fully saturated rings. The van der Waals surface area contributed by atoms with Crippen molar-refractivity contribution in [3.8, 4) is 22.8 Å². The first-order chi connectivity index (χ1) is 16.8. The number of hydrogen-bond donors (Lipinski definition) is 0. The summed E-state index contributed by atoms with van der Waals surface area (Å²) in [6, 6.07) is 11.3. The van der Waals surface area contributed by atoms with Crippen LogP contribution in [0.15, 0.2) is 48.0 Å².